The molecule has 0 radical (unpaired) electrons. The molecule has 1 aromatic rings. The first-order valence-corrected chi connectivity index (χ1v) is 7.68. The summed E-state index contributed by atoms with van der Waals surface area (Å²) >= 11 is 5.93. The van der Waals surface area contributed by atoms with Gasteiger partial charge in [0.05, 0.1) is 12.5 Å². The number of carbonyl (C=O) groups excluding carboxylic acids is 1. The summed E-state index contributed by atoms with van der Waals surface area (Å²) in [4.78, 5) is 16.2. The van der Waals surface area contributed by atoms with E-state index in [2.05, 4.69) is 10.3 Å². The molecular weight excluding hydrogens is 290 g/mol. The first kappa shape index (κ1) is 16.0. The Morgan fingerprint density at radius 2 is 2.43 bits per heavy atom. The molecular formula is C15H22ClN3O2. The second kappa shape index (κ2) is 7.09. The van der Waals surface area contributed by atoms with Crippen molar-refractivity contribution in [1.29, 1.82) is 0 Å². The monoisotopic (exact) mass is 311 g/mol. The van der Waals surface area contributed by atoms with Gasteiger partial charge in [0.25, 0.3) is 0 Å². The Balaban J connectivity index is 1.76. The molecule has 5 nitrogen and oxygen atoms in total. The van der Waals surface area contributed by atoms with Gasteiger partial charge in [0.2, 0.25) is 11.8 Å². The van der Waals surface area contributed by atoms with Crippen LogP contribution in [0.3, 0.4) is 0 Å². The van der Waals surface area contributed by atoms with Crippen LogP contribution in [0.2, 0.25) is 5.02 Å². The van der Waals surface area contributed by atoms with Gasteiger partial charge >= 0.3 is 0 Å². The average Bonchev–Trinajstić information content (AvgIpc) is 2.44. The molecule has 1 aliphatic carbocycles. The number of ether oxygens (including phenoxy) is 1. The first-order chi connectivity index (χ1) is 10.0. The van der Waals surface area contributed by atoms with Crippen LogP contribution in [-0.4, -0.2) is 29.6 Å². The zero-order chi connectivity index (χ0) is 15.3. The Kier molecular flexibility index (Phi) is 5.42. The number of nitrogens with zero attached hydrogens (tertiary/aromatic N) is 1. The summed E-state index contributed by atoms with van der Waals surface area (Å²) in [7, 11) is 0. The summed E-state index contributed by atoms with van der Waals surface area (Å²) in [6, 6.07) is 3.45. The minimum Gasteiger partial charge on any atom is -0.475 e. The zero-order valence-electron chi connectivity index (χ0n) is 12.3. The Labute approximate surface area is 130 Å². The summed E-state index contributed by atoms with van der Waals surface area (Å²) in [5.41, 5.74) is 5.81. The molecule has 116 valence electrons. The molecule has 1 heterocycles. The number of rotatable bonds is 5. The second-order valence-electron chi connectivity index (χ2n) is 5.73. The average molecular weight is 312 g/mol. The fourth-order valence-corrected chi connectivity index (χ4v) is 2.89. The van der Waals surface area contributed by atoms with Gasteiger partial charge in [-0.05, 0) is 31.9 Å². The molecule has 0 aliphatic heterocycles. The molecule has 0 aromatic carbocycles. The summed E-state index contributed by atoms with van der Waals surface area (Å²) in [6.45, 7) is 2.70. The predicted octanol–water partition coefficient (Wildman–Crippen LogP) is 2.14. The molecule has 21 heavy (non-hydrogen) atoms. The summed E-state index contributed by atoms with van der Waals surface area (Å²) in [6.07, 6.45) is 5.52. The van der Waals surface area contributed by atoms with Crippen LogP contribution in [0.25, 0.3) is 0 Å². The van der Waals surface area contributed by atoms with E-state index in [9.17, 15) is 4.79 Å². The third-order valence-corrected chi connectivity index (χ3v) is 4.22. The highest BCUT2D eigenvalue weighted by atomic mass is 35.5. The molecule has 2 atom stereocenters. The lowest BCUT2D eigenvalue weighted by atomic mass is 9.74. The Hall–Kier alpha value is -1.33. The summed E-state index contributed by atoms with van der Waals surface area (Å²) in [5, 5.41) is 3.35. The molecule has 2 rings (SSSR count). The number of hydrogen-bond donors (Lipinski definition) is 2. The Morgan fingerprint density at radius 3 is 3.14 bits per heavy atom. The van der Waals surface area contributed by atoms with Crippen LogP contribution in [0.15, 0.2) is 18.3 Å². The van der Waals surface area contributed by atoms with Crippen molar-refractivity contribution in [1.82, 2.24) is 10.3 Å². The van der Waals surface area contributed by atoms with Gasteiger partial charge in [0.1, 0.15) is 11.6 Å². The highest BCUT2D eigenvalue weighted by Crippen LogP contribution is 2.31. The van der Waals surface area contributed by atoms with E-state index in [4.69, 9.17) is 22.1 Å². The molecule has 3 N–H and O–H groups in total. The van der Waals surface area contributed by atoms with Crippen molar-refractivity contribution in [3.8, 4) is 5.88 Å². The van der Waals surface area contributed by atoms with Crippen LogP contribution >= 0.6 is 11.6 Å². The van der Waals surface area contributed by atoms with Crippen LogP contribution in [0.1, 0.15) is 32.6 Å². The smallest absolute Gasteiger partial charge is 0.232 e. The van der Waals surface area contributed by atoms with Gasteiger partial charge in [0.15, 0.2) is 0 Å². The maximum atomic E-state index is 12.2. The molecule has 2 unspecified atom stereocenters. The number of nitrogens with one attached hydrogen (secondary N) is 1. The van der Waals surface area contributed by atoms with E-state index >= 15 is 0 Å². The number of nitrogens with two attached hydrogens (primary N) is 1. The van der Waals surface area contributed by atoms with E-state index in [0.29, 0.717) is 24.1 Å². The number of amides is 1. The summed E-state index contributed by atoms with van der Waals surface area (Å²) in [5.74, 6) is 0.273. The van der Waals surface area contributed by atoms with Gasteiger partial charge < -0.3 is 15.8 Å². The van der Waals surface area contributed by atoms with Crippen molar-refractivity contribution in [2.75, 3.05) is 13.2 Å². The SMILES string of the molecule is CC1(N)CCCCC1C(=O)NCCOc1ncccc1Cl. The third-order valence-electron chi connectivity index (χ3n) is 3.94. The molecule has 1 aliphatic rings. The van der Waals surface area contributed by atoms with E-state index in [1.807, 2.05) is 6.92 Å². The lowest BCUT2D eigenvalue weighted by Gasteiger charge is -2.37. The predicted molar refractivity (Wildman–Crippen MR) is 82.3 cm³/mol. The van der Waals surface area contributed by atoms with Crippen molar-refractivity contribution in [2.45, 2.75) is 38.1 Å². The van der Waals surface area contributed by atoms with Gasteiger partial charge in [-0.25, -0.2) is 4.98 Å². The molecule has 6 heteroatoms. The molecule has 1 amide bonds. The number of halogens is 1. The van der Waals surface area contributed by atoms with Crippen molar-refractivity contribution in [3.63, 3.8) is 0 Å². The number of hydrogen-bond acceptors (Lipinski definition) is 4. The van der Waals surface area contributed by atoms with E-state index in [-0.39, 0.29) is 11.8 Å². The van der Waals surface area contributed by atoms with Crippen molar-refractivity contribution < 1.29 is 9.53 Å². The van der Waals surface area contributed by atoms with E-state index < -0.39 is 5.54 Å². The van der Waals surface area contributed by atoms with Gasteiger partial charge in [0, 0.05) is 11.7 Å². The molecule has 1 aromatic heterocycles. The molecule has 1 saturated carbocycles. The van der Waals surface area contributed by atoms with Crippen molar-refractivity contribution >= 4 is 17.5 Å². The zero-order valence-corrected chi connectivity index (χ0v) is 13.0. The quantitative estimate of drug-likeness (QED) is 0.817. The second-order valence-corrected chi connectivity index (χ2v) is 6.14. The normalized spacial score (nSPS) is 25.4. The van der Waals surface area contributed by atoms with Gasteiger partial charge in [-0.1, -0.05) is 24.4 Å². The maximum Gasteiger partial charge on any atom is 0.232 e. The van der Waals surface area contributed by atoms with Gasteiger partial charge in [-0.2, -0.15) is 0 Å². The van der Waals surface area contributed by atoms with Crippen molar-refractivity contribution in [3.05, 3.63) is 23.4 Å². The van der Waals surface area contributed by atoms with E-state index in [1.54, 1.807) is 18.3 Å². The summed E-state index contributed by atoms with van der Waals surface area (Å²) < 4.78 is 5.44. The topological polar surface area (TPSA) is 77.2 Å². The Bertz CT molecular complexity index is 494. The first-order valence-electron chi connectivity index (χ1n) is 7.30. The maximum absolute atomic E-state index is 12.2. The minimum absolute atomic E-state index is 0.00965. The lowest BCUT2D eigenvalue weighted by Crippen LogP contribution is -2.53. The van der Waals surface area contributed by atoms with Crippen LogP contribution in [0, 0.1) is 5.92 Å². The van der Waals surface area contributed by atoms with Crippen molar-refractivity contribution in [2.24, 2.45) is 11.7 Å². The number of aromatic nitrogens is 1. The van der Waals surface area contributed by atoms with Gasteiger partial charge in [-0.15, -0.1) is 0 Å². The van der Waals surface area contributed by atoms with Gasteiger partial charge in [-0.3, -0.25) is 4.79 Å². The molecule has 0 bridgehead atoms. The minimum atomic E-state index is -0.409. The van der Waals surface area contributed by atoms with Crippen LogP contribution in [-0.2, 0) is 4.79 Å². The highest BCUT2D eigenvalue weighted by Gasteiger charge is 2.37. The van der Waals surface area contributed by atoms with Crippen LogP contribution in [0.4, 0.5) is 0 Å². The third kappa shape index (κ3) is 4.32. The highest BCUT2D eigenvalue weighted by molar-refractivity contribution is 6.31. The van der Waals surface area contributed by atoms with Crippen LogP contribution < -0.4 is 15.8 Å². The van der Waals surface area contributed by atoms with E-state index in [1.165, 1.54) is 0 Å². The molecule has 0 spiro atoms. The van der Waals surface area contributed by atoms with E-state index in [0.717, 1.165) is 25.7 Å². The lowest BCUT2D eigenvalue weighted by molar-refractivity contribution is -0.128. The number of pyridine rings is 1. The Morgan fingerprint density at radius 1 is 1.62 bits per heavy atom. The fourth-order valence-electron chi connectivity index (χ4n) is 2.71. The van der Waals surface area contributed by atoms with Crippen LogP contribution in [0.5, 0.6) is 5.88 Å². The standard InChI is InChI=1S/C15H22ClN3O2/c1-15(17)7-3-2-5-11(15)13(20)18-9-10-21-14-12(16)6-4-8-19-14/h4,6,8,11H,2-3,5,7,9-10,17H2,1H3,(H,18,20). The molecule has 0 saturated heterocycles. The fraction of sp³-hybridized carbons (Fsp3) is 0.600. The number of carbonyl (C=O) groups is 1. The largest absolute Gasteiger partial charge is 0.475 e. The molecule has 1 fully saturated rings.